The van der Waals surface area contributed by atoms with E-state index < -0.39 is 0 Å². The van der Waals surface area contributed by atoms with Gasteiger partial charge < -0.3 is 5.73 Å². The maximum Gasteiger partial charge on any atom is 0.128 e. The van der Waals surface area contributed by atoms with Gasteiger partial charge in [-0.1, -0.05) is 22.4 Å². The van der Waals surface area contributed by atoms with E-state index in [1.807, 2.05) is 6.07 Å². The summed E-state index contributed by atoms with van der Waals surface area (Å²) in [5, 5.41) is 0. The maximum absolute atomic E-state index is 14.0. The Morgan fingerprint density at radius 3 is 2.89 bits per heavy atom. The lowest BCUT2D eigenvalue weighted by Crippen LogP contribution is -2.39. The Morgan fingerprint density at radius 2 is 2.21 bits per heavy atom. The summed E-state index contributed by atoms with van der Waals surface area (Å²) >= 11 is 3.42. The molecule has 4 heteroatoms. The number of rotatable bonds is 4. The summed E-state index contributed by atoms with van der Waals surface area (Å²) in [4.78, 5) is 2.29. The van der Waals surface area contributed by atoms with Gasteiger partial charge in [-0.25, -0.2) is 4.39 Å². The summed E-state index contributed by atoms with van der Waals surface area (Å²) in [6.45, 7) is 2.79. The number of hydrogen-bond donors (Lipinski definition) is 1. The molecule has 0 radical (unpaired) electrons. The molecule has 0 amide bonds. The first-order valence-corrected chi connectivity index (χ1v) is 7.70. The highest BCUT2D eigenvalue weighted by Gasteiger charge is 2.32. The molecule has 0 aliphatic heterocycles. The summed E-state index contributed by atoms with van der Waals surface area (Å²) in [5.41, 5.74) is 6.60. The lowest BCUT2D eigenvalue weighted by Gasteiger charge is -2.34. The Hall–Kier alpha value is -0.450. The summed E-state index contributed by atoms with van der Waals surface area (Å²) in [6, 6.07) is 5.68. The molecule has 3 unspecified atom stereocenters. The minimum absolute atomic E-state index is 0.0645. The van der Waals surface area contributed by atoms with Crippen LogP contribution in [0.4, 0.5) is 4.39 Å². The van der Waals surface area contributed by atoms with Crippen LogP contribution >= 0.6 is 15.9 Å². The number of halogens is 2. The number of nitrogens with zero attached hydrogens (tertiary/aromatic N) is 1. The van der Waals surface area contributed by atoms with Crippen molar-refractivity contribution < 1.29 is 4.39 Å². The minimum Gasteiger partial charge on any atom is -0.330 e. The van der Waals surface area contributed by atoms with Crippen LogP contribution < -0.4 is 5.73 Å². The summed E-state index contributed by atoms with van der Waals surface area (Å²) in [7, 11) is 2.09. The van der Waals surface area contributed by atoms with Crippen LogP contribution in [0.25, 0.3) is 0 Å². The molecule has 0 bridgehead atoms. The second-order valence-electron chi connectivity index (χ2n) is 5.50. The average molecular weight is 329 g/mol. The van der Waals surface area contributed by atoms with Gasteiger partial charge in [0.25, 0.3) is 0 Å². The number of benzene rings is 1. The maximum atomic E-state index is 14.0. The van der Waals surface area contributed by atoms with Crippen molar-refractivity contribution in [2.75, 3.05) is 13.6 Å². The van der Waals surface area contributed by atoms with Crippen molar-refractivity contribution >= 4 is 15.9 Å². The highest BCUT2D eigenvalue weighted by atomic mass is 79.9. The molecule has 3 atom stereocenters. The van der Waals surface area contributed by atoms with Crippen LogP contribution in [0.1, 0.15) is 37.8 Å². The van der Waals surface area contributed by atoms with Gasteiger partial charge >= 0.3 is 0 Å². The van der Waals surface area contributed by atoms with Crippen molar-refractivity contribution in [1.29, 1.82) is 0 Å². The van der Waals surface area contributed by atoms with E-state index in [9.17, 15) is 4.39 Å². The van der Waals surface area contributed by atoms with Crippen LogP contribution in [0, 0.1) is 11.7 Å². The van der Waals surface area contributed by atoms with E-state index in [0.29, 0.717) is 12.0 Å². The van der Waals surface area contributed by atoms with Crippen LogP contribution in [0.5, 0.6) is 0 Å². The van der Waals surface area contributed by atoms with Crippen LogP contribution in [0.15, 0.2) is 22.7 Å². The molecule has 19 heavy (non-hydrogen) atoms. The highest BCUT2D eigenvalue weighted by Crippen LogP contribution is 2.34. The zero-order valence-electron chi connectivity index (χ0n) is 11.6. The molecule has 1 aliphatic carbocycles. The predicted octanol–water partition coefficient (Wildman–Crippen LogP) is 3.71. The third-order valence-corrected chi connectivity index (χ3v) is 4.96. The molecular formula is C15H22BrFN2. The molecular weight excluding hydrogens is 307 g/mol. The Labute approximate surface area is 123 Å². The zero-order valence-corrected chi connectivity index (χ0v) is 13.2. The van der Waals surface area contributed by atoms with Crippen LogP contribution in [0.3, 0.4) is 0 Å². The van der Waals surface area contributed by atoms with Crippen molar-refractivity contribution in [3.05, 3.63) is 34.1 Å². The molecule has 1 aliphatic rings. The molecule has 0 heterocycles. The van der Waals surface area contributed by atoms with Gasteiger partial charge in [0.2, 0.25) is 0 Å². The Balaban J connectivity index is 2.18. The lowest BCUT2D eigenvalue weighted by atomic mass is 9.99. The Morgan fingerprint density at radius 1 is 1.47 bits per heavy atom. The molecule has 0 spiro atoms. The number of hydrogen-bond acceptors (Lipinski definition) is 2. The molecule has 1 aromatic rings. The number of nitrogens with two attached hydrogens (primary N) is 1. The highest BCUT2D eigenvalue weighted by molar-refractivity contribution is 9.10. The van der Waals surface area contributed by atoms with Gasteiger partial charge in [-0.05, 0) is 57.5 Å². The van der Waals surface area contributed by atoms with Gasteiger partial charge in [0, 0.05) is 22.1 Å². The Kier molecular flexibility index (Phi) is 4.98. The van der Waals surface area contributed by atoms with Crippen LogP contribution in [-0.4, -0.2) is 24.5 Å². The average Bonchev–Trinajstić information content (AvgIpc) is 2.88. The molecule has 1 aromatic carbocycles. The molecule has 106 valence electrons. The zero-order chi connectivity index (χ0) is 14.0. The lowest BCUT2D eigenvalue weighted by molar-refractivity contribution is 0.150. The van der Waals surface area contributed by atoms with Crippen molar-refractivity contribution in [3.8, 4) is 0 Å². The fraction of sp³-hybridized carbons (Fsp3) is 0.600. The normalized spacial score (nSPS) is 24.9. The van der Waals surface area contributed by atoms with Gasteiger partial charge in [0.1, 0.15) is 5.82 Å². The summed E-state index contributed by atoms with van der Waals surface area (Å²) in [6.07, 6.45) is 3.59. The van der Waals surface area contributed by atoms with Gasteiger partial charge in [0.05, 0.1) is 0 Å². The fourth-order valence-electron chi connectivity index (χ4n) is 3.17. The molecule has 2 nitrogen and oxygen atoms in total. The SMILES string of the molecule is CC(c1cc(Br)ccc1F)N(C)C1CCCC1CN. The van der Waals surface area contributed by atoms with E-state index in [1.165, 1.54) is 25.3 Å². The van der Waals surface area contributed by atoms with Crippen LogP contribution in [0.2, 0.25) is 0 Å². The molecule has 1 fully saturated rings. The monoisotopic (exact) mass is 328 g/mol. The van der Waals surface area contributed by atoms with E-state index >= 15 is 0 Å². The first kappa shape index (κ1) is 14.9. The van der Waals surface area contributed by atoms with Crippen molar-refractivity contribution in [3.63, 3.8) is 0 Å². The van der Waals surface area contributed by atoms with E-state index in [4.69, 9.17) is 5.73 Å². The molecule has 1 saturated carbocycles. The van der Waals surface area contributed by atoms with Crippen LogP contribution in [-0.2, 0) is 0 Å². The van der Waals surface area contributed by atoms with Gasteiger partial charge in [-0.2, -0.15) is 0 Å². The second kappa shape index (κ2) is 6.33. The molecule has 0 aromatic heterocycles. The van der Waals surface area contributed by atoms with E-state index in [-0.39, 0.29) is 11.9 Å². The van der Waals surface area contributed by atoms with Crippen molar-refractivity contribution in [2.45, 2.75) is 38.3 Å². The first-order chi connectivity index (χ1) is 9.04. The van der Waals surface area contributed by atoms with Gasteiger partial charge in [-0.3, -0.25) is 4.90 Å². The largest absolute Gasteiger partial charge is 0.330 e. The topological polar surface area (TPSA) is 29.3 Å². The first-order valence-electron chi connectivity index (χ1n) is 6.91. The second-order valence-corrected chi connectivity index (χ2v) is 6.42. The van der Waals surface area contributed by atoms with Gasteiger partial charge in [0.15, 0.2) is 0 Å². The predicted molar refractivity (Wildman–Crippen MR) is 80.5 cm³/mol. The van der Waals surface area contributed by atoms with E-state index in [1.54, 1.807) is 6.07 Å². The third-order valence-electron chi connectivity index (χ3n) is 4.46. The fourth-order valence-corrected chi connectivity index (χ4v) is 3.55. The standard InChI is InChI=1S/C15H22BrFN2/c1-10(13-8-12(16)6-7-14(13)17)19(2)15-5-3-4-11(15)9-18/h6-8,10-11,15H,3-5,9,18H2,1-2H3. The van der Waals surface area contributed by atoms with E-state index in [0.717, 1.165) is 16.6 Å². The summed E-state index contributed by atoms with van der Waals surface area (Å²) in [5.74, 6) is 0.410. The smallest absolute Gasteiger partial charge is 0.128 e. The third kappa shape index (κ3) is 3.18. The van der Waals surface area contributed by atoms with Crippen molar-refractivity contribution in [1.82, 2.24) is 4.90 Å². The summed E-state index contributed by atoms with van der Waals surface area (Å²) < 4.78 is 14.9. The van der Waals surface area contributed by atoms with Crippen molar-refractivity contribution in [2.24, 2.45) is 11.7 Å². The molecule has 0 saturated heterocycles. The molecule has 2 rings (SSSR count). The van der Waals surface area contributed by atoms with Gasteiger partial charge in [-0.15, -0.1) is 0 Å². The Bertz CT molecular complexity index is 438. The minimum atomic E-state index is -0.134. The van der Waals surface area contributed by atoms with E-state index in [2.05, 4.69) is 34.8 Å². The molecule has 2 N–H and O–H groups in total. The quantitative estimate of drug-likeness (QED) is 0.912.